The number of carbonyl (C=O) groups is 1. The summed E-state index contributed by atoms with van der Waals surface area (Å²) in [7, 11) is 0. The number of hydrogen-bond donors (Lipinski definition) is 2. The molecule has 0 spiro atoms. The predicted molar refractivity (Wildman–Crippen MR) is 86.2 cm³/mol. The van der Waals surface area contributed by atoms with Gasteiger partial charge in [-0.1, -0.05) is 12.1 Å². The minimum Gasteiger partial charge on any atom is -0.353 e. The maximum absolute atomic E-state index is 14.0. The van der Waals surface area contributed by atoms with E-state index in [4.69, 9.17) is 0 Å². The van der Waals surface area contributed by atoms with Gasteiger partial charge in [0.05, 0.1) is 12.2 Å². The monoisotopic (exact) mass is 316 g/mol. The Labute approximate surface area is 134 Å². The molecule has 0 unspecified atom stereocenters. The molecule has 2 heterocycles. The Kier molecular flexibility index (Phi) is 4.43. The van der Waals surface area contributed by atoms with E-state index < -0.39 is 0 Å². The Morgan fingerprint density at radius 3 is 2.96 bits per heavy atom. The molecule has 6 heteroatoms. The summed E-state index contributed by atoms with van der Waals surface area (Å²) in [5, 5.41) is 10.2. The Bertz CT molecular complexity index is 710. The molecule has 0 bridgehead atoms. The minimum atomic E-state index is -0.281. The van der Waals surface area contributed by atoms with Gasteiger partial charge in [-0.05, 0) is 26.0 Å². The summed E-state index contributed by atoms with van der Waals surface area (Å²) < 4.78 is 14.0. The lowest BCUT2D eigenvalue weighted by Crippen LogP contribution is -2.42. The van der Waals surface area contributed by atoms with Crippen molar-refractivity contribution in [3.05, 3.63) is 41.3 Å². The average molecular weight is 316 g/mol. The van der Waals surface area contributed by atoms with Crippen LogP contribution in [0.4, 0.5) is 4.39 Å². The molecule has 122 valence electrons. The molecule has 1 aromatic heterocycles. The van der Waals surface area contributed by atoms with Crippen molar-refractivity contribution in [1.29, 1.82) is 0 Å². The lowest BCUT2D eigenvalue weighted by molar-refractivity contribution is -0.122. The van der Waals surface area contributed by atoms with Gasteiger partial charge in [0.2, 0.25) is 5.91 Å². The molecule has 2 N–H and O–H groups in total. The van der Waals surface area contributed by atoms with Gasteiger partial charge in [0.25, 0.3) is 0 Å². The second-order valence-electron chi connectivity index (χ2n) is 6.19. The van der Waals surface area contributed by atoms with Crippen molar-refractivity contribution in [2.75, 3.05) is 13.1 Å². The number of nitrogens with zero attached hydrogens (tertiary/aromatic N) is 2. The summed E-state index contributed by atoms with van der Waals surface area (Å²) in [6, 6.07) is 6.77. The van der Waals surface area contributed by atoms with Crippen molar-refractivity contribution in [2.24, 2.45) is 0 Å². The summed E-state index contributed by atoms with van der Waals surface area (Å²) in [5.41, 5.74) is 3.16. The summed E-state index contributed by atoms with van der Waals surface area (Å²) in [4.78, 5) is 14.0. The zero-order valence-corrected chi connectivity index (χ0v) is 13.4. The predicted octanol–water partition coefficient (Wildman–Crippen LogP) is 2.10. The van der Waals surface area contributed by atoms with Crippen LogP contribution in [0.15, 0.2) is 24.3 Å². The first-order chi connectivity index (χ1) is 11.0. The van der Waals surface area contributed by atoms with Gasteiger partial charge in [-0.3, -0.25) is 14.8 Å². The van der Waals surface area contributed by atoms with E-state index in [2.05, 4.69) is 20.4 Å². The molecule has 3 rings (SSSR count). The number of amides is 1. The lowest BCUT2D eigenvalue weighted by atomic mass is 10.0. The number of benzene rings is 1. The van der Waals surface area contributed by atoms with Gasteiger partial charge >= 0.3 is 0 Å². The molecule has 0 atom stereocenters. The highest BCUT2D eigenvalue weighted by Gasteiger charge is 2.25. The van der Waals surface area contributed by atoms with Crippen LogP contribution in [0.5, 0.6) is 0 Å². The van der Waals surface area contributed by atoms with E-state index in [0.29, 0.717) is 24.3 Å². The number of fused-ring (bicyclic) bond motifs is 1. The topological polar surface area (TPSA) is 61.0 Å². The molecule has 0 radical (unpaired) electrons. The van der Waals surface area contributed by atoms with Gasteiger partial charge in [-0.25, -0.2) is 4.39 Å². The van der Waals surface area contributed by atoms with E-state index in [9.17, 15) is 9.18 Å². The molecule has 1 aliphatic rings. The van der Waals surface area contributed by atoms with Crippen LogP contribution in [0.3, 0.4) is 0 Å². The number of aromatic amines is 1. The van der Waals surface area contributed by atoms with E-state index in [0.717, 1.165) is 24.2 Å². The Hall–Kier alpha value is -2.21. The van der Waals surface area contributed by atoms with Crippen LogP contribution < -0.4 is 5.32 Å². The smallest absolute Gasteiger partial charge is 0.234 e. The number of aromatic nitrogens is 2. The highest BCUT2D eigenvalue weighted by atomic mass is 19.1. The van der Waals surface area contributed by atoms with Crippen LogP contribution >= 0.6 is 0 Å². The van der Waals surface area contributed by atoms with Crippen molar-refractivity contribution in [1.82, 2.24) is 20.4 Å². The fraction of sp³-hybridized carbons (Fsp3) is 0.412. The first-order valence-corrected chi connectivity index (χ1v) is 7.87. The molecule has 0 saturated carbocycles. The number of carbonyl (C=O) groups excluding carboxylic acids is 1. The lowest BCUT2D eigenvalue weighted by Gasteiger charge is -2.26. The van der Waals surface area contributed by atoms with Crippen LogP contribution in [0.2, 0.25) is 0 Å². The van der Waals surface area contributed by atoms with E-state index >= 15 is 0 Å². The highest BCUT2D eigenvalue weighted by molar-refractivity contribution is 5.78. The van der Waals surface area contributed by atoms with Gasteiger partial charge < -0.3 is 5.32 Å². The van der Waals surface area contributed by atoms with Crippen LogP contribution in [0, 0.1) is 5.82 Å². The van der Waals surface area contributed by atoms with Gasteiger partial charge in [0.15, 0.2) is 0 Å². The molecule has 1 aromatic carbocycles. The van der Waals surface area contributed by atoms with Gasteiger partial charge in [-0.2, -0.15) is 5.10 Å². The third-order valence-electron chi connectivity index (χ3n) is 3.96. The molecular weight excluding hydrogens is 295 g/mol. The van der Waals surface area contributed by atoms with E-state index in [1.54, 1.807) is 18.2 Å². The third-order valence-corrected chi connectivity index (χ3v) is 3.96. The van der Waals surface area contributed by atoms with Crippen LogP contribution in [-0.2, 0) is 17.8 Å². The van der Waals surface area contributed by atoms with E-state index in [-0.39, 0.29) is 17.8 Å². The Morgan fingerprint density at radius 2 is 2.22 bits per heavy atom. The quantitative estimate of drug-likeness (QED) is 0.908. The van der Waals surface area contributed by atoms with Crippen molar-refractivity contribution in [3.8, 4) is 11.3 Å². The molecular formula is C17H21FN4O. The molecule has 1 amide bonds. The van der Waals surface area contributed by atoms with Crippen LogP contribution in [0.1, 0.15) is 25.1 Å². The van der Waals surface area contributed by atoms with Crippen LogP contribution in [-0.4, -0.2) is 40.1 Å². The van der Waals surface area contributed by atoms with Crippen molar-refractivity contribution < 1.29 is 9.18 Å². The third kappa shape index (κ3) is 3.42. The van der Waals surface area contributed by atoms with Crippen molar-refractivity contribution in [2.45, 2.75) is 32.9 Å². The maximum atomic E-state index is 14.0. The fourth-order valence-electron chi connectivity index (χ4n) is 2.93. The average Bonchev–Trinajstić information content (AvgIpc) is 2.90. The fourth-order valence-corrected chi connectivity index (χ4v) is 2.93. The number of hydrogen-bond acceptors (Lipinski definition) is 3. The van der Waals surface area contributed by atoms with Crippen molar-refractivity contribution in [3.63, 3.8) is 0 Å². The summed E-state index contributed by atoms with van der Waals surface area (Å²) in [6.07, 6.45) is 0.783. The second-order valence-corrected chi connectivity index (χ2v) is 6.19. The second kappa shape index (κ2) is 6.50. The zero-order valence-electron chi connectivity index (χ0n) is 13.4. The molecule has 0 aliphatic carbocycles. The molecule has 5 nitrogen and oxygen atoms in total. The number of nitrogens with one attached hydrogen (secondary N) is 2. The normalized spacial score (nSPS) is 14.8. The Morgan fingerprint density at radius 1 is 1.43 bits per heavy atom. The summed E-state index contributed by atoms with van der Waals surface area (Å²) in [6.45, 7) is 5.62. The molecule has 1 aliphatic heterocycles. The largest absolute Gasteiger partial charge is 0.353 e. The van der Waals surface area contributed by atoms with E-state index in [1.807, 2.05) is 13.8 Å². The Balaban J connectivity index is 1.79. The molecule has 0 saturated heterocycles. The van der Waals surface area contributed by atoms with Crippen molar-refractivity contribution >= 4 is 5.91 Å². The first kappa shape index (κ1) is 15.7. The SMILES string of the molecule is CC(C)NC(=O)CN1CCc2[nH]nc(-c3ccccc3F)c2C1. The highest BCUT2D eigenvalue weighted by Crippen LogP contribution is 2.29. The maximum Gasteiger partial charge on any atom is 0.234 e. The summed E-state index contributed by atoms with van der Waals surface area (Å²) >= 11 is 0. The van der Waals surface area contributed by atoms with Gasteiger partial charge in [-0.15, -0.1) is 0 Å². The number of halogens is 1. The molecule has 2 aromatic rings. The standard InChI is InChI=1S/C17H21FN4O/c1-11(2)19-16(23)10-22-8-7-15-13(9-22)17(21-20-15)12-5-3-4-6-14(12)18/h3-6,11H,7-10H2,1-2H3,(H,19,23)(H,20,21). The zero-order chi connectivity index (χ0) is 16.4. The van der Waals surface area contributed by atoms with E-state index in [1.165, 1.54) is 6.07 Å². The molecule has 0 fully saturated rings. The molecule has 23 heavy (non-hydrogen) atoms. The number of H-pyrrole nitrogens is 1. The van der Waals surface area contributed by atoms with Gasteiger partial charge in [0, 0.05) is 42.4 Å². The number of rotatable bonds is 4. The van der Waals surface area contributed by atoms with Gasteiger partial charge in [0.1, 0.15) is 5.82 Å². The minimum absolute atomic E-state index is 0.0133. The first-order valence-electron chi connectivity index (χ1n) is 7.87. The summed E-state index contributed by atoms with van der Waals surface area (Å²) in [5.74, 6) is -0.268. The van der Waals surface area contributed by atoms with Crippen LogP contribution in [0.25, 0.3) is 11.3 Å².